The number of aromatic nitrogens is 7. The van der Waals surface area contributed by atoms with Crippen LogP contribution in [0.4, 0.5) is 0 Å². The summed E-state index contributed by atoms with van der Waals surface area (Å²) in [5.74, 6) is 0.788. The van der Waals surface area contributed by atoms with Crippen LogP contribution in [0.5, 0.6) is 0 Å². The maximum atomic E-state index is 4.49. The van der Waals surface area contributed by atoms with E-state index in [1.54, 1.807) is 29.9 Å². The lowest BCUT2D eigenvalue weighted by atomic mass is 10.2. The molecule has 0 aliphatic carbocycles. The van der Waals surface area contributed by atoms with Gasteiger partial charge in [0.1, 0.15) is 6.33 Å². The summed E-state index contributed by atoms with van der Waals surface area (Å²) >= 11 is 3.14. The van der Waals surface area contributed by atoms with Crippen molar-refractivity contribution in [2.45, 2.75) is 27.0 Å². The van der Waals surface area contributed by atoms with Crippen LogP contribution in [0.25, 0.3) is 17.0 Å². The first kappa shape index (κ1) is 19.4. The summed E-state index contributed by atoms with van der Waals surface area (Å²) in [6.45, 7) is 5.82. The number of pyridine rings is 1. The summed E-state index contributed by atoms with van der Waals surface area (Å²) < 4.78 is 3.86. The van der Waals surface area contributed by atoms with E-state index in [0.717, 1.165) is 42.4 Å². The Morgan fingerprint density at radius 3 is 2.69 bits per heavy atom. The van der Waals surface area contributed by atoms with E-state index in [9.17, 15) is 0 Å². The van der Waals surface area contributed by atoms with Crippen LogP contribution >= 0.6 is 23.5 Å². The molecule has 0 saturated heterocycles. The van der Waals surface area contributed by atoms with Crippen LogP contribution in [-0.4, -0.2) is 34.5 Å². The molecule has 3 aromatic heterocycles. The molecule has 4 aromatic rings. The van der Waals surface area contributed by atoms with Crippen molar-refractivity contribution < 1.29 is 0 Å². The van der Waals surface area contributed by atoms with Crippen LogP contribution in [0.15, 0.2) is 75.1 Å². The van der Waals surface area contributed by atoms with Crippen LogP contribution < -0.4 is 0 Å². The Bertz CT molecular complexity index is 1220. The third-order valence-corrected chi connectivity index (χ3v) is 6.29. The molecule has 0 aliphatic rings. The van der Waals surface area contributed by atoms with Gasteiger partial charge in [-0.05, 0) is 60.8 Å². The molecule has 0 aliphatic heterocycles. The second kappa shape index (κ2) is 8.22. The number of aryl methyl sites for hydroxylation is 1. The van der Waals surface area contributed by atoms with Crippen molar-refractivity contribution in [3.8, 4) is 0 Å². The Hall–Kier alpha value is -2.91. The van der Waals surface area contributed by atoms with Gasteiger partial charge in [0.25, 0.3) is 0 Å². The number of fused-ring (bicyclic) bond motifs is 1. The summed E-state index contributed by atoms with van der Waals surface area (Å²) in [7, 11) is 3.89. The fourth-order valence-electron chi connectivity index (χ4n) is 2.60. The predicted octanol–water partition coefficient (Wildman–Crippen LogP) is 4.38. The van der Waals surface area contributed by atoms with E-state index in [2.05, 4.69) is 44.1 Å². The van der Waals surface area contributed by atoms with E-state index < -0.39 is 0 Å². The molecule has 0 unspecified atom stereocenters. The first-order chi connectivity index (χ1) is 14.0. The molecule has 0 bridgehead atoms. The lowest BCUT2D eigenvalue weighted by Crippen LogP contribution is -1.94. The summed E-state index contributed by atoms with van der Waals surface area (Å²) in [5.41, 5.74) is 1.90. The van der Waals surface area contributed by atoms with Gasteiger partial charge in [-0.15, -0.1) is 20.4 Å². The van der Waals surface area contributed by atoms with E-state index in [0.29, 0.717) is 0 Å². The van der Waals surface area contributed by atoms with Gasteiger partial charge in [0.15, 0.2) is 16.1 Å². The lowest BCUT2D eigenvalue weighted by molar-refractivity contribution is 0.782. The molecule has 9 heteroatoms. The van der Waals surface area contributed by atoms with Crippen molar-refractivity contribution in [1.29, 1.82) is 0 Å². The Kier molecular flexibility index (Phi) is 5.50. The van der Waals surface area contributed by atoms with Crippen molar-refractivity contribution >= 4 is 40.5 Å². The highest BCUT2D eigenvalue weighted by atomic mass is 32.2. The number of nitrogens with zero attached hydrogens (tertiary/aromatic N) is 7. The van der Waals surface area contributed by atoms with Gasteiger partial charge >= 0.3 is 0 Å². The molecule has 0 radical (unpaired) electrons. The second-order valence-corrected chi connectivity index (χ2v) is 8.55. The van der Waals surface area contributed by atoms with Crippen LogP contribution in [0, 0.1) is 0 Å². The standard InChI is InChI=1S/C20H19N7S2/c1-13(2)5-8-18-23-25-20(27(18)4)28-14-6-7-16-15(11-14)17(9-10-21-16)29-19-24-22-12-26(19)3/h5-12H,1H2,2-4H3/b8-5-. The molecule has 4 rings (SSSR count). The minimum Gasteiger partial charge on any atom is -0.311 e. The molecule has 0 spiro atoms. The average molecular weight is 422 g/mol. The van der Waals surface area contributed by atoms with Crippen LogP contribution in [0.2, 0.25) is 0 Å². The van der Waals surface area contributed by atoms with Gasteiger partial charge in [0, 0.05) is 35.5 Å². The zero-order valence-electron chi connectivity index (χ0n) is 16.3. The molecule has 146 valence electrons. The fourth-order valence-corrected chi connectivity index (χ4v) is 4.31. The molecule has 7 nitrogen and oxygen atoms in total. The highest BCUT2D eigenvalue weighted by molar-refractivity contribution is 7.99. The number of hydrogen-bond acceptors (Lipinski definition) is 7. The Morgan fingerprint density at radius 2 is 1.93 bits per heavy atom. The maximum Gasteiger partial charge on any atom is 0.196 e. The Labute approximate surface area is 177 Å². The van der Waals surface area contributed by atoms with E-state index >= 15 is 0 Å². The summed E-state index contributed by atoms with van der Waals surface area (Å²) in [4.78, 5) is 6.63. The number of hydrogen-bond donors (Lipinski definition) is 0. The highest BCUT2D eigenvalue weighted by Crippen LogP contribution is 2.35. The van der Waals surface area contributed by atoms with E-state index in [1.165, 1.54) is 0 Å². The van der Waals surface area contributed by atoms with Crippen molar-refractivity contribution in [2.75, 3.05) is 0 Å². The molecular formula is C20H19N7S2. The van der Waals surface area contributed by atoms with Crippen LogP contribution in [-0.2, 0) is 14.1 Å². The van der Waals surface area contributed by atoms with Crippen LogP contribution in [0.3, 0.4) is 0 Å². The van der Waals surface area contributed by atoms with Gasteiger partial charge in [-0.25, -0.2) is 0 Å². The SMILES string of the molecule is C=C(C)/C=C\c1nnc(Sc2ccc3nccc(Sc4nncn4C)c3c2)n1C. The van der Waals surface area contributed by atoms with Gasteiger partial charge in [-0.1, -0.05) is 18.2 Å². The smallest absolute Gasteiger partial charge is 0.196 e. The summed E-state index contributed by atoms with van der Waals surface area (Å²) in [6.07, 6.45) is 7.35. The molecule has 29 heavy (non-hydrogen) atoms. The van der Waals surface area contributed by atoms with Gasteiger partial charge in [0.05, 0.1) is 5.52 Å². The molecule has 0 atom stereocenters. The molecule has 0 saturated carbocycles. The van der Waals surface area contributed by atoms with Gasteiger partial charge in [0.2, 0.25) is 0 Å². The summed E-state index contributed by atoms with van der Waals surface area (Å²) in [6, 6.07) is 8.20. The average Bonchev–Trinajstić information content (AvgIpc) is 3.26. The molecule has 0 fully saturated rings. The Morgan fingerprint density at radius 1 is 1.07 bits per heavy atom. The third-order valence-electron chi connectivity index (χ3n) is 4.14. The van der Waals surface area contributed by atoms with Crippen molar-refractivity contribution in [1.82, 2.24) is 34.5 Å². The van der Waals surface area contributed by atoms with Crippen LogP contribution in [0.1, 0.15) is 12.7 Å². The minimum atomic E-state index is 0.788. The molecule has 0 amide bonds. The van der Waals surface area contributed by atoms with E-state index in [4.69, 9.17) is 0 Å². The number of allylic oxidation sites excluding steroid dienone is 2. The summed E-state index contributed by atoms with van der Waals surface area (Å²) in [5, 5.41) is 19.4. The van der Waals surface area contributed by atoms with Crippen molar-refractivity contribution in [2.24, 2.45) is 14.1 Å². The van der Waals surface area contributed by atoms with Crippen molar-refractivity contribution in [3.05, 3.63) is 60.8 Å². The monoisotopic (exact) mass is 421 g/mol. The van der Waals surface area contributed by atoms with Crippen molar-refractivity contribution in [3.63, 3.8) is 0 Å². The van der Waals surface area contributed by atoms with Gasteiger partial charge < -0.3 is 9.13 Å². The molecule has 3 heterocycles. The van der Waals surface area contributed by atoms with Gasteiger partial charge in [-0.2, -0.15) is 0 Å². The van der Waals surface area contributed by atoms with E-state index in [-0.39, 0.29) is 0 Å². The topological polar surface area (TPSA) is 74.3 Å². The quantitative estimate of drug-likeness (QED) is 0.428. The number of rotatable bonds is 6. The molecular weight excluding hydrogens is 402 g/mol. The largest absolute Gasteiger partial charge is 0.311 e. The lowest BCUT2D eigenvalue weighted by Gasteiger charge is -2.07. The van der Waals surface area contributed by atoms with E-state index in [1.807, 2.05) is 60.6 Å². The zero-order chi connectivity index (χ0) is 20.4. The third kappa shape index (κ3) is 4.25. The predicted molar refractivity (Wildman–Crippen MR) is 116 cm³/mol. The number of benzene rings is 1. The second-order valence-electron chi connectivity index (χ2n) is 6.50. The van der Waals surface area contributed by atoms with Gasteiger partial charge in [-0.3, -0.25) is 4.98 Å². The highest BCUT2D eigenvalue weighted by Gasteiger charge is 2.12. The Balaban J connectivity index is 1.65. The molecule has 0 N–H and O–H groups in total. The first-order valence-corrected chi connectivity index (χ1v) is 10.5. The first-order valence-electron chi connectivity index (χ1n) is 8.83. The molecule has 1 aromatic carbocycles. The normalized spacial score (nSPS) is 11.6. The zero-order valence-corrected chi connectivity index (χ0v) is 17.9. The fraction of sp³-hybridized carbons (Fsp3) is 0.150. The minimum absolute atomic E-state index is 0.788. The maximum absolute atomic E-state index is 4.49.